The average Bonchev–Trinajstić information content (AvgIpc) is 2.18. The third kappa shape index (κ3) is 3.08. The van der Waals surface area contributed by atoms with Gasteiger partial charge in [-0.25, -0.2) is 4.79 Å². The van der Waals surface area contributed by atoms with Crippen LogP contribution in [0.15, 0.2) is 11.6 Å². The van der Waals surface area contributed by atoms with Gasteiger partial charge in [-0.1, -0.05) is 13.0 Å². The number of nitrogens with zero attached hydrogens (tertiary/aromatic N) is 1. The summed E-state index contributed by atoms with van der Waals surface area (Å²) >= 11 is 0. The van der Waals surface area contributed by atoms with Crippen molar-refractivity contribution < 1.29 is 14.7 Å². The molecule has 1 amide bonds. The van der Waals surface area contributed by atoms with Gasteiger partial charge in [0.1, 0.15) is 5.54 Å². The lowest BCUT2D eigenvalue weighted by Gasteiger charge is -2.34. The third-order valence-corrected chi connectivity index (χ3v) is 2.61. The quantitative estimate of drug-likeness (QED) is 0.731. The van der Waals surface area contributed by atoms with Gasteiger partial charge >= 0.3 is 5.97 Å². The van der Waals surface area contributed by atoms with Crippen molar-refractivity contribution in [2.75, 3.05) is 6.54 Å². The van der Waals surface area contributed by atoms with E-state index in [4.69, 9.17) is 5.11 Å². The summed E-state index contributed by atoms with van der Waals surface area (Å²) in [5, 5.41) is 9.09. The maximum absolute atomic E-state index is 12.0. The summed E-state index contributed by atoms with van der Waals surface area (Å²) < 4.78 is 0. The summed E-state index contributed by atoms with van der Waals surface area (Å²) in [6.07, 6.45) is 2.57. The number of hydrogen-bond acceptors (Lipinski definition) is 2. The molecule has 0 atom stereocenters. The summed E-state index contributed by atoms with van der Waals surface area (Å²) in [7, 11) is 0. The number of allylic oxidation sites excluding steroid dienone is 1. The minimum atomic E-state index is -1.17. The standard InChI is InChI=1S/C12H21NO3/c1-6-8-9(3)10(14)13(7-2)12(4,5)11(15)16/h8H,6-7H2,1-5H3,(H,15,16). The van der Waals surface area contributed by atoms with Gasteiger partial charge in [0.05, 0.1) is 0 Å². The number of aliphatic carboxylic acids is 1. The second-order valence-electron chi connectivity index (χ2n) is 4.21. The monoisotopic (exact) mass is 227 g/mol. The van der Waals surface area contributed by atoms with Crippen molar-refractivity contribution in [2.45, 2.75) is 46.6 Å². The second kappa shape index (κ2) is 5.68. The third-order valence-electron chi connectivity index (χ3n) is 2.61. The van der Waals surface area contributed by atoms with E-state index in [1.807, 2.05) is 13.0 Å². The molecule has 16 heavy (non-hydrogen) atoms. The zero-order valence-corrected chi connectivity index (χ0v) is 10.7. The molecule has 4 heteroatoms. The lowest BCUT2D eigenvalue weighted by molar-refractivity contribution is -0.155. The number of carboxylic acids is 1. The summed E-state index contributed by atoms with van der Waals surface area (Å²) in [6, 6.07) is 0. The van der Waals surface area contributed by atoms with Crippen molar-refractivity contribution in [3.8, 4) is 0 Å². The number of amides is 1. The van der Waals surface area contributed by atoms with Crippen LogP contribution in [0.1, 0.15) is 41.0 Å². The van der Waals surface area contributed by atoms with Crippen molar-refractivity contribution in [1.82, 2.24) is 4.90 Å². The van der Waals surface area contributed by atoms with E-state index in [2.05, 4.69) is 0 Å². The summed E-state index contributed by atoms with van der Waals surface area (Å²) in [5.74, 6) is -1.20. The van der Waals surface area contributed by atoms with Crippen LogP contribution >= 0.6 is 0 Å². The molecule has 0 unspecified atom stereocenters. The van der Waals surface area contributed by atoms with Crippen molar-refractivity contribution >= 4 is 11.9 Å². The van der Waals surface area contributed by atoms with Crippen LogP contribution in [-0.4, -0.2) is 34.0 Å². The van der Waals surface area contributed by atoms with Gasteiger partial charge in [0.15, 0.2) is 0 Å². The largest absolute Gasteiger partial charge is 0.480 e. The molecule has 0 saturated carbocycles. The Labute approximate surface area is 96.9 Å². The van der Waals surface area contributed by atoms with Gasteiger partial charge in [0.2, 0.25) is 5.91 Å². The lowest BCUT2D eigenvalue weighted by atomic mass is 10.0. The number of carboxylic acid groups (broad SMARTS) is 1. The van der Waals surface area contributed by atoms with Gasteiger partial charge in [-0.05, 0) is 34.1 Å². The van der Waals surface area contributed by atoms with E-state index in [1.54, 1.807) is 13.8 Å². The van der Waals surface area contributed by atoms with Crippen LogP contribution in [0, 0.1) is 0 Å². The Bertz CT molecular complexity index is 305. The van der Waals surface area contributed by atoms with Crippen molar-refractivity contribution in [1.29, 1.82) is 0 Å². The van der Waals surface area contributed by atoms with E-state index in [9.17, 15) is 9.59 Å². The van der Waals surface area contributed by atoms with E-state index >= 15 is 0 Å². The highest BCUT2D eigenvalue weighted by Crippen LogP contribution is 2.17. The van der Waals surface area contributed by atoms with E-state index < -0.39 is 11.5 Å². The van der Waals surface area contributed by atoms with Crippen LogP contribution in [0.4, 0.5) is 0 Å². The number of likely N-dealkylation sites (N-methyl/N-ethyl adjacent to an activating group) is 1. The first-order chi connectivity index (χ1) is 7.28. The fourth-order valence-electron chi connectivity index (χ4n) is 1.51. The van der Waals surface area contributed by atoms with Gasteiger partial charge < -0.3 is 10.0 Å². The zero-order valence-electron chi connectivity index (χ0n) is 10.7. The Hall–Kier alpha value is -1.32. The molecule has 0 fully saturated rings. The molecule has 0 aliphatic heterocycles. The van der Waals surface area contributed by atoms with E-state index in [1.165, 1.54) is 18.7 Å². The molecule has 0 aromatic carbocycles. The van der Waals surface area contributed by atoms with Gasteiger partial charge in [0.25, 0.3) is 0 Å². The summed E-state index contributed by atoms with van der Waals surface area (Å²) in [6.45, 7) is 8.89. The summed E-state index contributed by atoms with van der Waals surface area (Å²) in [5.41, 5.74) is -0.576. The topological polar surface area (TPSA) is 57.6 Å². The lowest BCUT2D eigenvalue weighted by Crippen LogP contribution is -2.53. The molecule has 0 heterocycles. The summed E-state index contributed by atoms with van der Waals surface area (Å²) in [4.78, 5) is 24.5. The highest BCUT2D eigenvalue weighted by Gasteiger charge is 2.36. The molecule has 0 saturated heterocycles. The molecule has 0 aliphatic carbocycles. The second-order valence-corrected chi connectivity index (χ2v) is 4.21. The molecule has 0 rings (SSSR count). The van der Waals surface area contributed by atoms with Gasteiger partial charge in [0, 0.05) is 12.1 Å². The van der Waals surface area contributed by atoms with Gasteiger partial charge in [-0.2, -0.15) is 0 Å². The van der Waals surface area contributed by atoms with E-state index in [-0.39, 0.29) is 5.91 Å². The molecule has 0 bridgehead atoms. The highest BCUT2D eigenvalue weighted by atomic mass is 16.4. The first-order valence-electron chi connectivity index (χ1n) is 5.51. The molecular formula is C12H21NO3. The number of carbonyl (C=O) groups is 2. The fraction of sp³-hybridized carbons (Fsp3) is 0.667. The van der Waals surface area contributed by atoms with Crippen LogP contribution in [0.5, 0.6) is 0 Å². The van der Waals surface area contributed by atoms with Crippen LogP contribution in [0.2, 0.25) is 0 Å². The van der Waals surface area contributed by atoms with Gasteiger partial charge in [-0.3, -0.25) is 4.79 Å². The average molecular weight is 227 g/mol. The molecule has 0 spiro atoms. The molecule has 0 radical (unpaired) electrons. The Balaban J connectivity index is 5.09. The van der Waals surface area contributed by atoms with E-state index in [0.29, 0.717) is 12.1 Å². The number of hydrogen-bond donors (Lipinski definition) is 1. The van der Waals surface area contributed by atoms with E-state index in [0.717, 1.165) is 6.42 Å². The molecule has 4 nitrogen and oxygen atoms in total. The normalized spacial score (nSPS) is 12.4. The Morgan fingerprint density at radius 1 is 1.31 bits per heavy atom. The first-order valence-corrected chi connectivity index (χ1v) is 5.51. The van der Waals surface area contributed by atoms with Gasteiger partial charge in [-0.15, -0.1) is 0 Å². The molecule has 92 valence electrons. The minimum Gasteiger partial charge on any atom is -0.480 e. The van der Waals surface area contributed by atoms with Crippen LogP contribution in [0.3, 0.4) is 0 Å². The predicted molar refractivity (Wildman–Crippen MR) is 63.1 cm³/mol. The molecule has 1 N–H and O–H groups in total. The first kappa shape index (κ1) is 14.7. The fourth-order valence-corrected chi connectivity index (χ4v) is 1.51. The smallest absolute Gasteiger partial charge is 0.329 e. The predicted octanol–water partition coefficient (Wildman–Crippen LogP) is 2.05. The molecular weight excluding hydrogens is 206 g/mol. The molecule has 0 aromatic heterocycles. The van der Waals surface area contributed by atoms with Crippen molar-refractivity contribution in [3.63, 3.8) is 0 Å². The van der Waals surface area contributed by atoms with Crippen LogP contribution in [0.25, 0.3) is 0 Å². The maximum Gasteiger partial charge on any atom is 0.329 e. The highest BCUT2D eigenvalue weighted by molar-refractivity contribution is 5.96. The minimum absolute atomic E-state index is 0.211. The van der Waals surface area contributed by atoms with Crippen LogP contribution in [-0.2, 0) is 9.59 Å². The SMILES string of the molecule is CCC=C(C)C(=O)N(CC)C(C)(C)C(=O)O. The Kier molecular flexibility index (Phi) is 5.21. The van der Waals surface area contributed by atoms with Crippen molar-refractivity contribution in [2.24, 2.45) is 0 Å². The maximum atomic E-state index is 12.0. The Morgan fingerprint density at radius 3 is 2.12 bits per heavy atom. The van der Waals surface area contributed by atoms with Crippen molar-refractivity contribution in [3.05, 3.63) is 11.6 Å². The molecule has 0 aliphatic rings. The zero-order chi connectivity index (χ0) is 12.9. The number of carbonyl (C=O) groups excluding carboxylic acids is 1. The Morgan fingerprint density at radius 2 is 1.81 bits per heavy atom. The number of rotatable bonds is 5. The van der Waals surface area contributed by atoms with Crippen LogP contribution < -0.4 is 0 Å². The molecule has 0 aromatic rings.